The van der Waals surface area contributed by atoms with E-state index in [1.54, 1.807) is 0 Å². The molecule has 1 aromatic rings. The van der Waals surface area contributed by atoms with E-state index in [-0.39, 0.29) is 11.8 Å². The Morgan fingerprint density at radius 2 is 1.43 bits per heavy atom. The zero-order valence-corrected chi connectivity index (χ0v) is 8.63. The van der Waals surface area contributed by atoms with Gasteiger partial charge in [-0.2, -0.15) is 0 Å². The molecule has 0 radical (unpaired) electrons. The molecule has 0 N–H and O–H groups in total. The molecule has 0 saturated heterocycles. The van der Waals surface area contributed by atoms with E-state index >= 15 is 0 Å². The van der Waals surface area contributed by atoms with Gasteiger partial charge in [-0.05, 0) is 48.9 Å². The highest BCUT2D eigenvalue weighted by atomic mass is 16.1. The largest absolute Gasteiger partial charge is 0.298 e. The molecule has 0 heterocycles. The molecule has 2 aliphatic carbocycles. The fourth-order valence-corrected chi connectivity index (χ4v) is 3.21. The molecule has 1 nitrogen and oxygen atoms in total. The third-order valence-electron chi connectivity index (χ3n) is 3.85. The van der Waals surface area contributed by atoms with Gasteiger partial charge in [0.15, 0.2) is 0 Å². The number of benzene rings is 1. The number of carbonyl (C=O) groups excluding carboxylic acids is 1. The maximum atomic E-state index is 11.9. The number of hydrogen-bond acceptors (Lipinski definition) is 1. The second-order valence-electron chi connectivity index (χ2n) is 4.61. The number of ketones is 1. The van der Waals surface area contributed by atoms with E-state index < -0.39 is 0 Å². The first-order valence-electron chi connectivity index (χ1n) is 5.34. The predicted octanol–water partition coefficient (Wildman–Crippen LogP) is 2.85. The summed E-state index contributed by atoms with van der Waals surface area (Å²) in [5, 5.41) is 0. The van der Waals surface area contributed by atoms with Crippen LogP contribution in [0, 0.1) is 13.8 Å². The summed E-state index contributed by atoms with van der Waals surface area (Å²) in [5.74, 6) is 0.974. The molecule has 1 saturated carbocycles. The van der Waals surface area contributed by atoms with Crippen molar-refractivity contribution in [2.75, 3.05) is 0 Å². The molecule has 0 amide bonds. The average Bonchev–Trinajstić information content (AvgIpc) is 2.67. The van der Waals surface area contributed by atoms with E-state index in [9.17, 15) is 4.79 Å². The normalized spacial score (nSPS) is 28.3. The van der Waals surface area contributed by atoms with Crippen molar-refractivity contribution in [2.24, 2.45) is 0 Å². The third-order valence-corrected chi connectivity index (χ3v) is 3.85. The molecule has 14 heavy (non-hydrogen) atoms. The Hall–Kier alpha value is -1.11. The monoisotopic (exact) mass is 186 g/mol. The van der Waals surface area contributed by atoms with Crippen LogP contribution < -0.4 is 0 Å². The van der Waals surface area contributed by atoms with Gasteiger partial charge in [0.2, 0.25) is 0 Å². The zero-order chi connectivity index (χ0) is 9.87. The second-order valence-corrected chi connectivity index (χ2v) is 4.61. The summed E-state index contributed by atoms with van der Waals surface area (Å²) in [7, 11) is 0. The molecule has 2 unspecified atom stereocenters. The standard InChI is InChI=1S/C13H14O/c1-7-3-4-8(2)12-10-6-5-9(11(7)12)13(10)14/h3-4,9-10H,5-6H2,1-2H3. The van der Waals surface area contributed by atoms with E-state index in [0.29, 0.717) is 5.78 Å². The molecule has 72 valence electrons. The van der Waals surface area contributed by atoms with Crippen LogP contribution in [0.5, 0.6) is 0 Å². The highest BCUT2D eigenvalue weighted by molar-refractivity contribution is 5.99. The van der Waals surface area contributed by atoms with E-state index in [0.717, 1.165) is 12.8 Å². The first kappa shape index (κ1) is 8.22. The van der Waals surface area contributed by atoms with Gasteiger partial charge in [0.05, 0.1) is 0 Å². The fourth-order valence-electron chi connectivity index (χ4n) is 3.21. The SMILES string of the molecule is Cc1ccc(C)c2c1C1CCC2C1=O. The fraction of sp³-hybridized carbons (Fsp3) is 0.462. The van der Waals surface area contributed by atoms with Gasteiger partial charge in [0.1, 0.15) is 5.78 Å². The molecule has 2 aliphatic rings. The minimum atomic E-state index is 0.245. The van der Waals surface area contributed by atoms with Gasteiger partial charge in [-0.25, -0.2) is 0 Å². The maximum absolute atomic E-state index is 11.9. The molecular formula is C13H14O. The Kier molecular flexibility index (Phi) is 1.45. The predicted molar refractivity (Wildman–Crippen MR) is 55.6 cm³/mol. The van der Waals surface area contributed by atoms with E-state index in [4.69, 9.17) is 0 Å². The Morgan fingerprint density at radius 3 is 1.86 bits per heavy atom. The Balaban J connectivity index is 2.34. The summed E-state index contributed by atoms with van der Waals surface area (Å²) in [4.78, 5) is 11.9. The van der Waals surface area contributed by atoms with Gasteiger partial charge in [-0.1, -0.05) is 12.1 Å². The Bertz CT molecular complexity index is 392. The van der Waals surface area contributed by atoms with Crippen molar-refractivity contribution in [1.29, 1.82) is 0 Å². The lowest BCUT2D eigenvalue weighted by Crippen LogP contribution is -2.02. The van der Waals surface area contributed by atoms with Gasteiger partial charge >= 0.3 is 0 Å². The van der Waals surface area contributed by atoms with Gasteiger partial charge in [0, 0.05) is 11.8 Å². The molecule has 0 spiro atoms. The summed E-state index contributed by atoms with van der Waals surface area (Å²) < 4.78 is 0. The minimum Gasteiger partial charge on any atom is -0.298 e. The van der Waals surface area contributed by atoms with E-state index in [1.165, 1.54) is 22.3 Å². The average molecular weight is 186 g/mol. The molecule has 1 fully saturated rings. The summed E-state index contributed by atoms with van der Waals surface area (Å²) >= 11 is 0. The first-order valence-corrected chi connectivity index (χ1v) is 5.34. The van der Waals surface area contributed by atoms with Crippen LogP contribution in [0.2, 0.25) is 0 Å². The topological polar surface area (TPSA) is 17.1 Å². The number of rotatable bonds is 0. The van der Waals surface area contributed by atoms with Crippen LogP contribution in [0.3, 0.4) is 0 Å². The Morgan fingerprint density at radius 1 is 1.00 bits per heavy atom. The number of fused-ring (bicyclic) bond motifs is 5. The number of Topliss-reactive ketones (excluding diaryl/α,β-unsaturated/α-hetero) is 1. The second kappa shape index (κ2) is 2.47. The van der Waals surface area contributed by atoms with E-state index in [2.05, 4.69) is 26.0 Å². The lowest BCUT2D eigenvalue weighted by Gasteiger charge is -2.17. The Labute approximate surface area is 84.1 Å². The maximum Gasteiger partial charge on any atom is 0.147 e. The van der Waals surface area contributed by atoms with Crippen molar-refractivity contribution < 1.29 is 4.79 Å². The molecule has 1 heteroatoms. The summed E-state index contributed by atoms with van der Waals surface area (Å²) in [6, 6.07) is 4.31. The van der Waals surface area contributed by atoms with E-state index in [1.807, 2.05) is 0 Å². The van der Waals surface area contributed by atoms with Crippen molar-refractivity contribution in [2.45, 2.75) is 38.5 Å². The van der Waals surface area contributed by atoms with Crippen molar-refractivity contribution in [3.8, 4) is 0 Å². The van der Waals surface area contributed by atoms with Gasteiger partial charge in [-0.15, -0.1) is 0 Å². The number of carbonyl (C=O) groups is 1. The van der Waals surface area contributed by atoms with Crippen molar-refractivity contribution in [3.05, 3.63) is 34.4 Å². The van der Waals surface area contributed by atoms with Crippen LogP contribution in [-0.4, -0.2) is 5.78 Å². The van der Waals surface area contributed by atoms with Crippen LogP contribution >= 0.6 is 0 Å². The van der Waals surface area contributed by atoms with Crippen LogP contribution in [0.25, 0.3) is 0 Å². The lowest BCUT2D eigenvalue weighted by molar-refractivity contribution is -0.119. The lowest BCUT2D eigenvalue weighted by atomic mass is 9.86. The van der Waals surface area contributed by atoms with Crippen LogP contribution in [-0.2, 0) is 4.79 Å². The molecule has 0 aliphatic heterocycles. The summed E-state index contributed by atoms with van der Waals surface area (Å²) in [5.41, 5.74) is 5.36. The smallest absolute Gasteiger partial charge is 0.147 e. The first-order chi connectivity index (χ1) is 6.70. The summed E-state index contributed by atoms with van der Waals surface area (Å²) in [6.07, 6.45) is 2.17. The van der Waals surface area contributed by atoms with Crippen LogP contribution in [0.1, 0.15) is 46.9 Å². The number of aryl methyl sites for hydroxylation is 2. The van der Waals surface area contributed by atoms with Crippen molar-refractivity contribution in [1.82, 2.24) is 0 Å². The highest BCUT2D eigenvalue weighted by Gasteiger charge is 2.46. The molecule has 3 rings (SSSR count). The van der Waals surface area contributed by atoms with Crippen LogP contribution in [0.15, 0.2) is 12.1 Å². The third kappa shape index (κ3) is 0.783. The minimum absolute atomic E-state index is 0.245. The van der Waals surface area contributed by atoms with Crippen LogP contribution in [0.4, 0.5) is 0 Å². The zero-order valence-electron chi connectivity index (χ0n) is 8.63. The quantitative estimate of drug-likeness (QED) is 0.609. The molecule has 0 aromatic heterocycles. The van der Waals surface area contributed by atoms with Gasteiger partial charge < -0.3 is 0 Å². The van der Waals surface area contributed by atoms with Crippen molar-refractivity contribution in [3.63, 3.8) is 0 Å². The molecule has 1 aromatic carbocycles. The molecule has 2 bridgehead atoms. The number of hydrogen-bond donors (Lipinski definition) is 0. The highest BCUT2D eigenvalue weighted by Crippen LogP contribution is 2.52. The van der Waals surface area contributed by atoms with Crippen molar-refractivity contribution >= 4 is 5.78 Å². The summed E-state index contributed by atoms with van der Waals surface area (Å²) in [6.45, 7) is 4.26. The van der Waals surface area contributed by atoms with Gasteiger partial charge in [-0.3, -0.25) is 4.79 Å². The molecular weight excluding hydrogens is 172 g/mol. The van der Waals surface area contributed by atoms with Gasteiger partial charge in [0.25, 0.3) is 0 Å². The molecule has 2 atom stereocenters.